The van der Waals surface area contributed by atoms with Gasteiger partial charge in [0.2, 0.25) is 19.2 Å². The number of nitrogens with zero attached hydrogens (tertiary/aromatic N) is 4. The first kappa shape index (κ1) is 33.6. The molecule has 242 valence electrons. The fourth-order valence-corrected chi connectivity index (χ4v) is 5.53. The van der Waals surface area contributed by atoms with E-state index in [4.69, 9.17) is 70.5 Å². The Bertz CT molecular complexity index is 1400. The molecule has 2 aliphatic heterocycles. The minimum absolute atomic E-state index is 0.114. The van der Waals surface area contributed by atoms with E-state index in [0.717, 1.165) is 0 Å². The van der Waals surface area contributed by atoms with E-state index in [9.17, 15) is 14.2 Å². The molecule has 2 N–H and O–H groups in total. The number of ether oxygens (including phenoxy) is 7. The number of alkyl halides is 1. The number of rotatable bonds is 13. The average molecular weight is 664 g/mol. The van der Waals surface area contributed by atoms with Crippen molar-refractivity contribution in [3.8, 4) is 12.3 Å². The summed E-state index contributed by atoms with van der Waals surface area (Å²) in [5.74, 6) is 2.36. The van der Waals surface area contributed by atoms with Crippen molar-refractivity contribution in [3.05, 3.63) is 12.7 Å². The second kappa shape index (κ2) is 13.8. The highest BCUT2D eigenvalue weighted by Gasteiger charge is 2.69. The smallest absolute Gasteiger partial charge is 0.432 e. The van der Waals surface area contributed by atoms with Crippen LogP contribution in [0.4, 0.5) is 15.4 Å². The molecule has 44 heavy (non-hydrogen) atoms. The summed E-state index contributed by atoms with van der Waals surface area (Å²) in [5.41, 5.74) is 3.24. The number of carbonyl (C=O) groups is 2. The van der Waals surface area contributed by atoms with Crippen LogP contribution in [0.3, 0.4) is 0 Å². The molecule has 4 rings (SSSR count). The quantitative estimate of drug-likeness (QED) is 0.107. The highest BCUT2D eigenvalue weighted by molar-refractivity contribution is 7.48. The maximum absolute atomic E-state index is 13.6. The lowest BCUT2D eigenvalue weighted by Gasteiger charge is -2.31. The van der Waals surface area contributed by atoms with Crippen molar-refractivity contribution in [1.29, 1.82) is 0 Å². The molecular weight excluding hydrogens is 633 g/mol. The number of aromatic nitrogens is 4. The Morgan fingerprint density at radius 3 is 2.34 bits per heavy atom. The monoisotopic (exact) mass is 663 g/mol. The molecule has 4 heterocycles. The molecule has 4 atom stereocenters. The van der Waals surface area contributed by atoms with Gasteiger partial charge in [-0.25, -0.2) is 38.2 Å². The van der Waals surface area contributed by atoms with Gasteiger partial charge < -0.3 is 38.9 Å². The fourth-order valence-electron chi connectivity index (χ4n) is 4.29. The molecule has 2 aliphatic rings. The molecule has 2 fully saturated rings. The van der Waals surface area contributed by atoms with Gasteiger partial charge in [-0.15, -0.1) is 18.0 Å². The Labute approximate surface area is 256 Å². The Balaban J connectivity index is 1.57. The molecular formula is C24H31ClN5O13P. The molecule has 0 radical (unpaired) electrons. The first-order valence-corrected chi connectivity index (χ1v) is 15.0. The number of imidazole rings is 1. The number of nitrogen functional groups attached to an aromatic ring is 1. The van der Waals surface area contributed by atoms with Gasteiger partial charge >= 0.3 is 20.1 Å². The molecule has 0 spiro atoms. The van der Waals surface area contributed by atoms with E-state index in [-0.39, 0.29) is 29.7 Å². The fraction of sp³-hybridized carbons (Fsp3) is 0.625. The maximum Gasteiger partial charge on any atom is 0.510 e. The summed E-state index contributed by atoms with van der Waals surface area (Å²) in [6.45, 7) is 3.60. The van der Waals surface area contributed by atoms with E-state index in [1.165, 1.54) is 17.2 Å². The average Bonchev–Trinajstić information content (AvgIpc) is 3.65. The van der Waals surface area contributed by atoms with Crippen molar-refractivity contribution in [1.82, 2.24) is 19.5 Å². The van der Waals surface area contributed by atoms with Crippen LogP contribution >= 0.6 is 19.4 Å². The number of hydrogen-bond donors (Lipinski definition) is 1. The normalized spacial score (nSPS) is 24.8. The lowest BCUT2D eigenvalue weighted by atomic mass is 9.88. The number of nitrogens with two attached hydrogens (primary N) is 1. The lowest BCUT2D eigenvalue weighted by Crippen LogP contribution is -2.52. The zero-order valence-corrected chi connectivity index (χ0v) is 25.7. The van der Waals surface area contributed by atoms with Crippen LogP contribution in [0.1, 0.15) is 33.9 Å². The number of fused-ring (bicyclic) bond motifs is 2. The third-order valence-electron chi connectivity index (χ3n) is 6.11. The maximum atomic E-state index is 13.6. The minimum atomic E-state index is -4.71. The predicted molar refractivity (Wildman–Crippen MR) is 147 cm³/mol. The van der Waals surface area contributed by atoms with Crippen molar-refractivity contribution in [2.75, 3.05) is 38.6 Å². The van der Waals surface area contributed by atoms with E-state index in [2.05, 4.69) is 20.9 Å². The molecule has 0 amide bonds. The van der Waals surface area contributed by atoms with Crippen LogP contribution in [-0.2, 0) is 51.3 Å². The van der Waals surface area contributed by atoms with Crippen LogP contribution in [0, 0.1) is 12.3 Å². The van der Waals surface area contributed by atoms with E-state index >= 15 is 0 Å². The highest BCUT2D eigenvalue weighted by Crippen LogP contribution is 2.55. The van der Waals surface area contributed by atoms with Crippen LogP contribution in [0.25, 0.3) is 11.2 Å². The Hall–Kier alpha value is -3.27. The molecule has 0 aromatic carbocycles. The van der Waals surface area contributed by atoms with Gasteiger partial charge in [-0.1, -0.05) is 5.92 Å². The molecule has 2 saturated heterocycles. The summed E-state index contributed by atoms with van der Waals surface area (Å²) < 4.78 is 68.1. The molecule has 0 bridgehead atoms. The van der Waals surface area contributed by atoms with Gasteiger partial charge in [0.05, 0.1) is 31.0 Å². The van der Waals surface area contributed by atoms with Crippen LogP contribution in [-0.4, -0.2) is 94.2 Å². The van der Waals surface area contributed by atoms with Crippen LogP contribution in [0.2, 0.25) is 0 Å². The third kappa shape index (κ3) is 7.00. The number of carbonyl (C=O) groups excluding carboxylic acids is 2. The van der Waals surface area contributed by atoms with Gasteiger partial charge in [-0.2, -0.15) is 0 Å². The molecule has 2 aromatic heterocycles. The van der Waals surface area contributed by atoms with Crippen molar-refractivity contribution in [2.24, 2.45) is 0 Å². The van der Waals surface area contributed by atoms with Crippen molar-refractivity contribution < 1.29 is 60.9 Å². The number of anilines is 1. The van der Waals surface area contributed by atoms with Crippen molar-refractivity contribution in [2.45, 2.75) is 63.4 Å². The molecule has 18 nitrogen and oxygen atoms in total. The van der Waals surface area contributed by atoms with Crippen LogP contribution in [0.15, 0.2) is 12.7 Å². The SMILES string of the molecule is C#C[C@@]12OCO[C@@H]1[C@@](CCl)(COP(=O)(OCOC(=O)OC(C)C)OCOC(=O)OC(C)C)O[C@H]2n1cnc2c(N)ncnc21. The Kier molecular flexibility index (Phi) is 10.5. The zero-order valence-electron chi connectivity index (χ0n) is 24.1. The van der Waals surface area contributed by atoms with Crippen LogP contribution < -0.4 is 5.73 Å². The summed E-state index contributed by atoms with van der Waals surface area (Å²) in [4.78, 5) is 36.0. The molecule has 20 heteroatoms. The van der Waals surface area contributed by atoms with E-state index in [0.29, 0.717) is 0 Å². The topological polar surface area (TPSA) is 213 Å². The minimum Gasteiger partial charge on any atom is -0.432 e. The molecule has 0 aliphatic carbocycles. The zero-order chi connectivity index (χ0) is 32.1. The van der Waals surface area contributed by atoms with Crippen LogP contribution in [0.5, 0.6) is 0 Å². The standard InChI is InChI=1S/C24H31ClN5O13P/c1-6-24-19(34-11-37-24)23(7-25,43-20(24)30-10-29-16-17(26)27-9-28-18(16)30)8-38-44(33,39-12-35-21(31)41-14(2)3)40-13-36-22(32)42-15(4)5/h1,9-10,14-15,19-20H,7-8,11-13H2,2-5H3,(H2,26,27,28)/t19-,20-,23-,24-/m1/s1. The molecule has 0 saturated carbocycles. The number of terminal acetylenes is 1. The van der Waals surface area contributed by atoms with E-state index in [1.807, 2.05) is 0 Å². The number of phosphoric ester groups is 1. The summed E-state index contributed by atoms with van der Waals surface area (Å²) in [6, 6.07) is 0. The van der Waals surface area contributed by atoms with Crippen molar-refractivity contribution in [3.63, 3.8) is 0 Å². The lowest BCUT2D eigenvalue weighted by molar-refractivity contribution is -0.160. The van der Waals surface area contributed by atoms with Gasteiger partial charge in [0.25, 0.3) is 0 Å². The predicted octanol–water partition coefficient (Wildman–Crippen LogP) is 2.86. The van der Waals surface area contributed by atoms with Crippen molar-refractivity contribution >= 4 is 48.7 Å². The molecule has 2 aromatic rings. The third-order valence-corrected chi connectivity index (χ3v) is 7.85. The highest BCUT2D eigenvalue weighted by atomic mass is 35.5. The second-order valence-corrected chi connectivity index (χ2v) is 11.8. The van der Waals surface area contributed by atoms with Gasteiger partial charge in [0.1, 0.15) is 30.3 Å². The second-order valence-electron chi connectivity index (χ2n) is 9.83. The molecule has 0 unspecified atom stereocenters. The summed E-state index contributed by atoms with van der Waals surface area (Å²) >= 11 is 6.42. The summed E-state index contributed by atoms with van der Waals surface area (Å²) in [5, 5.41) is 0. The largest absolute Gasteiger partial charge is 0.510 e. The first-order chi connectivity index (χ1) is 20.9. The van der Waals surface area contributed by atoms with E-state index < -0.39 is 76.1 Å². The summed E-state index contributed by atoms with van der Waals surface area (Å²) in [6.07, 6.45) is 3.09. The number of phosphoric acid groups is 1. The number of halogens is 1. The number of hydrogen-bond acceptors (Lipinski definition) is 17. The Morgan fingerprint density at radius 2 is 1.77 bits per heavy atom. The first-order valence-electron chi connectivity index (χ1n) is 13.0. The van der Waals surface area contributed by atoms with Gasteiger partial charge in [-0.05, 0) is 27.7 Å². The van der Waals surface area contributed by atoms with Gasteiger partial charge in [0.15, 0.2) is 17.7 Å². The van der Waals surface area contributed by atoms with E-state index in [1.54, 1.807) is 27.7 Å². The van der Waals surface area contributed by atoms with Gasteiger partial charge in [-0.3, -0.25) is 9.09 Å². The Morgan fingerprint density at radius 1 is 1.14 bits per heavy atom. The van der Waals surface area contributed by atoms with Gasteiger partial charge in [0, 0.05) is 0 Å². The summed E-state index contributed by atoms with van der Waals surface area (Å²) in [7, 11) is -4.71.